The molecule has 0 radical (unpaired) electrons. The smallest absolute Gasteiger partial charge is 0.255 e. The fraction of sp³-hybridized carbons (Fsp3) is 0.545. The summed E-state index contributed by atoms with van der Waals surface area (Å²) in [6.45, 7) is 15.9. The lowest BCUT2D eigenvalue weighted by atomic mass is 9.93. The second-order valence-electron chi connectivity index (χ2n) is 9.42. The van der Waals surface area contributed by atoms with Crippen LogP contribution >= 0.6 is 11.6 Å². The number of carbonyl (C=O) groups excluding carboxylic acids is 1. The van der Waals surface area contributed by atoms with Gasteiger partial charge in [-0.2, -0.15) is 5.26 Å². The molecule has 6 heteroatoms. The van der Waals surface area contributed by atoms with Gasteiger partial charge >= 0.3 is 0 Å². The van der Waals surface area contributed by atoms with Crippen molar-refractivity contribution in [3.8, 4) is 6.07 Å². The van der Waals surface area contributed by atoms with Crippen LogP contribution in [0.15, 0.2) is 17.7 Å². The van der Waals surface area contributed by atoms with Gasteiger partial charge in [0.05, 0.1) is 22.7 Å². The minimum Gasteiger partial charge on any atom is -0.411 e. The van der Waals surface area contributed by atoms with Crippen LogP contribution in [0, 0.1) is 18.3 Å². The molecule has 0 aromatic heterocycles. The molecule has 2 aliphatic heterocycles. The summed E-state index contributed by atoms with van der Waals surface area (Å²) in [7, 11) is -1.93. The molecule has 3 rings (SSSR count). The van der Waals surface area contributed by atoms with E-state index in [-0.39, 0.29) is 23.1 Å². The molecule has 1 fully saturated rings. The summed E-state index contributed by atoms with van der Waals surface area (Å²) < 4.78 is 6.71. The average molecular weight is 417 g/mol. The molecule has 2 atom stereocenters. The van der Waals surface area contributed by atoms with Crippen LogP contribution in [0.1, 0.15) is 50.8 Å². The molecule has 1 unspecified atom stereocenters. The Morgan fingerprint density at radius 3 is 2.50 bits per heavy atom. The quantitative estimate of drug-likeness (QED) is 0.628. The maximum Gasteiger partial charge on any atom is 0.255 e. The molecule has 1 amide bonds. The molecule has 1 aromatic carbocycles. The molecule has 1 saturated heterocycles. The minimum atomic E-state index is -1.93. The molecule has 28 heavy (non-hydrogen) atoms. The van der Waals surface area contributed by atoms with E-state index in [0.29, 0.717) is 17.1 Å². The summed E-state index contributed by atoms with van der Waals surface area (Å²) in [5.41, 5.74) is 3.82. The molecule has 0 spiro atoms. The molecule has 2 heterocycles. The zero-order chi connectivity index (χ0) is 21.0. The van der Waals surface area contributed by atoms with E-state index < -0.39 is 8.32 Å². The first-order valence-electron chi connectivity index (χ1n) is 9.80. The van der Waals surface area contributed by atoms with Crippen LogP contribution in [0.25, 0.3) is 5.57 Å². The Labute approximate surface area is 174 Å². The highest BCUT2D eigenvalue weighted by molar-refractivity contribution is 6.74. The van der Waals surface area contributed by atoms with Gasteiger partial charge in [0.25, 0.3) is 5.91 Å². The lowest BCUT2D eigenvalue weighted by Gasteiger charge is -2.39. The molecule has 2 aliphatic rings. The lowest BCUT2D eigenvalue weighted by Crippen LogP contribution is -2.47. The molecule has 0 aliphatic carbocycles. The van der Waals surface area contributed by atoms with Gasteiger partial charge in [0, 0.05) is 12.1 Å². The zero-order valence-electron chi connectivity index (χ0n) is 17.8. The maximum absolute atomic E-state index is 13.2. The first-order valence-corrected chi connectivity index (χ1v) is 13.1. The predicted octanol–water partition coefficient (Wildman–Crippen LogP) is 5.30. The van der Waals surface area contributed by atoms with E-state index in [1.165, 1.54) is 0 Å². The summed E-state index contributed by atoms with van der Waals surface area (Å²) in [6, 6.07) is 5.64. The normalized spacial score (nSPS) is 22.7. The van der Waals surface area contributed by atoms with Gasteiger partial charge in [-0.3, -0.25) is 4.79 Å². The van der Waals surface area contributed by atoms with Crippen molar-refractivity contribution in [2.75, 3.05) is 6.54 Å². The van der Waals surface area contributed by atoms with Crippen LogP contribution in [0.2, 0.25) is 23.2 Å². The largest absolute Gasteiger partial charge is 0.411 e. The summed E-state index contributed by atoms with van der Waals surface area (Å²) in [5.74, 6) is 0.0488. The first kappa shape index (κ1) is 21.1. The summed E-state index contributed by atoms with van der Waals surface area (Å²) >= 11 is 6.37. The highest BCUT2D eigenvalue weighted by Gasteiger charge is 2.50. The second-order valence-corrected chi connectivity index (χ2v) is 14.6. The number of fused-ring (bicyclic) bond motifs is 1. The number of halogens is 1. The van der Waals surface area contributed by atoms with E-state index in [1.807, 2.05) is 24.8 Å². The number of hydrogen-bond donors (Lipinski definition) is 0. The summed E-state index contributed by atoms with van der Waals surface area (Å²) in [5, 5.41) is 9.76. The fourth-order valence-corrected chi connectivity index (χ4v) is 5.58. The Balaban J connectivity index is 2.01. The lowest BCUT2D eigenvalue weighted by molar-refractivity contribution is -0.124. The van der Waals surface area contributed by atoms with Gasteiger partial charge in [0.15, 0.2) is 8.32 Å². The van der Waals surface area contributed by atoms with E-state index in [2.05, 4.69) is 39.9 Å². The SMILES string of the molecule is CC1=C(c2ccc(C#N)c(Cl)c2C)C(=O)N2CC[C@H](O[Si](C)(C)C(C)(C)C)C12. The van der Waals surface area contributed by atoms with Crippen LogP contribution in [0.5, 0.6) is 0 Å². The Kier molecular flexibility index (Phi) is 5.29. The maximum atomic E-state index is 13.2. The van der Waals surface area contributed by atoms with E-state index in [9.17, 15) is 10.1 Å². The van der Waals surface area contributed by atoms with Crippen molar-refractivity contribution in [1.82, 2.24) is 4.90 Å². The molecule has 150 valence electrons. The Morgan fingerprint density at radius 1 is 1.29 bits per heavy atom. The van der Waals surface area contributed by atoms with Crippen LogP contribution in [-0.2, 0) is 9.22 Å². The van der Waals surface area contributed by atoms with Crippen LogP contribution in [0.3, 0.4) is 0 Å². The number of rotatable bonds is 3. The summed E-state index contributed by atoms with van der Waals surface area (Å²) in [6.07, 6.45) is 0.914. The number of nitriles is 1. The number of nitrogens with zero attached hydrogens (tertiary/aromatic N) is 2. The van der Waals surface area contributed by atoms with Crippen molar-refractivity contribution in [3.05, 3.63) is 39.4 Å². The number of amides is 1. The minimum absolute atomic E-state index is 0.00885. The fourth-order valence-electron chi connectivity index (χ4n) is 4.01. The van der Waals surface area contributed by atoms with E-state index >= 15 is 0 Å². The van der Waals surface area contributed by atoms with Crippen molar-refractivity contribution in [1.29, 1.82) is 5.26 Å². The van der Waals surface area contributed by atoms with Gasteiger partial charge in [0.2, 0.25) is 0 Å². The van der Waals surface area contributed by atoms with Crippen LogP contribution < -0.4 is 0 Å². The van der Waals surface area contributed by atoms with Crippen molar-refractivity contribution in [2.24, 2.45) is 0 Å². The Hall–Kier alpha value is -1.61. The monoisotopic (exact) mass is 416 g/mol. The van der Waals surface area contributed by atoms with Crippen molar-refractivity contribution < 1.29 is 9.22 Å². The molecule has 0 bridgehead atoms. The van der Waals surface area contributed by atoms with Crippen LogP contribution in [0.4, 0.5) is 0 Å². The van der Waals surface area contributed by atoms with Gasteiger partial charge < -0.3 is 9.33 Å². The van der Waals surface area contributed by atoms with Gasteiger partial charge in [-0.25, -0.2) is 0 Å². The van der Waals surface area contributed by atoms with Crippen molar-refractivity contribution in [3.63, 3.8) is 0 Å². The van der Waals surface area contributed by atoms with Crippen molar-refractivity contribution in [2.45, 2.75) is 71.3 Å². The van der Waals surface area contributed by atoms with E-state index in [0.717, 1.165) is 28.7 Å². The third-order valence-electron chi connectivity index (χ3n) is 6.68. The molecule has 1 aromatic rings. The third-order valence-corrected chi connectivity index (χ3v) is 11.7. The molecular formula is C22H29ClN2O2Si. The van der Waals surface area contributed by atoms with E-state index in [4.69, 9.17) is 16.0 Å². The van der Waals surface area contributed by atoms with Crippen LogP contribution in [-0.4, -0.2) is 37.8 Å². The third kappa shape index (κ3) is 3.22. The molecular weight excluding hydrogens is 388 g/mol. The number of benzene rings is 1. The highest BCUT2D eigenvalue weighted by atomic mass is 35.5. The summed E-state index contributed by atoms with van der Waals surface area (Å²) in [4.78, 5) is 15.2. The topological polar surface area (TPSA) is 53.3 Å². The van der Waals surface area contributed by atoms with Gasteiger partial charge in [0.1, 0.15) is 6.07 Å². The second kappa shape index (κ2) is 7.02. The standard InChI is InChI=1S/C22H29ClN2O2Si/c1-13-16(9-8-15(12-24)19(13)23)18-14(2)20-17(10-11-25(20)21(18)26)27-28(6,7)22(3,4)5/h8-9,17,20H,10-11H2,1-7H3/t17-,20?/m0/s1. The average Bonchev–Trinajstić information content (AvgIpc) is 3.10. The Morgan fingerprint density at radius 2 is 1.93 bits per heavy atom. The van der Waals surface area contributed by atoms with Crippen molar-refractivity contribution >= 4 is 31.4 Å². The molecule has 4 nitrogen and oxygen atoms in total. The molecule has 0 N–H and O–H groups in total. The van der Waals surface area contributed by atoms with Gasteiger partial charge in [-0.1, -0.05) is 38.4 Å². The highest BCUT2D eigenvalue weighted by Crippen LogP contribution is 2.44. The number of hydrogen-bond acceptors (Lipinski definition) is 3. The first-order chi connectivity index (χ1) is 12.9. The van der Waals surface area contributed by atoms with E-state index in [1.54, 1.807) is 6.07 Å². The zero-order valence-corrected chi connectivity index (χ0v) is 19.6. The molecule has 0 saturated carbocycles. The van der Waals surface area contributed by atoms with Gasteiger partial charge in [-0.05, 0) is 61.2 Å². The predicted molar refractivity (Wildman–Crippen MR) is 116 cm³/mol. The van der Waals surface area contributed by atoms with Gasteiger partial charge in [-0.15, -0.1) is 0 Å². The number of carbonyl (C=O) groups is 1. The Bertz CT molecular complexity index is 908.